The van der Waals surface area contributed by atoms with Gasteiger partial charge in [-0.2, -0.15) is 13.2 Å². The SMILES string of the molecule is Fc1ccc(/C(=C(\c2ccccc2)c2ccc(OCCBr)cc2)C(F)(F)F)cc1. The summed E-state index contributed by atoms with van der Waals surface area (Å²) < 4.78 is 61.4. The zero-order valence-electron chi connectivity index (χ0n) is 15.2. The number of benzene rings is 3. The first-order chi connectivity index (χ1) is 13.9. The van der Waals surface area contributed by atoms with E-state index in [1.54, 1.807) is 54.6 Å². The van der Waals surface area contributed by atoms with E-state index in [0.29, 0.717) is 28.8 Å². The summed E-state index contributed by atoms with van der Waals surface area (Å²) >= 11 is 3.26. The third kappa shape index (κ3) is 5.26. The molecule has 0 radical (unpaired) electrons. The van der Waals surface area contributed by atoms with Crippen LogP contribution in [0.3, 0.4) is 0 Å². The Morgan fingerprint density at radius 2 is 1.31 bits per heavy atom. The molecule has 3 rings (SSSR count). The summed E-state index contributed by atoms with van der Waals surface area (Å²) in [4.78, 5) is 0. The van der Waals surface area contributed by atoms with Gasteiger partial charge >= 0.3 is 6.18 Å². The van der Waals surface area contributed by atoms with Crippen molar-refractivity contribution in [1.29, 1.82) is 0 Å². The van der Waals surface area contributed by atoms with E-state index in [4.69, 9.17) is 4.74 Å². The van der Waals surface area contributed by atoms with Gasteiger partial charge in [0, 0.05) is 10.9 Å². The molecule has 0 saturated heterocycles. The van der Waals surface area contributed by atoms with E-state index < -0.39 is 17.6 Å². The molecule has 1 nitrogen and oxygen atoms in total. The van der Waals surface area contributed by atoms with Crippen LogP contribution in [0.15, 0.2) is 78.9 Å². The summed E-state index contributed by atoms with van der Waals surface area (Å²) in [7, 11) is 0. The van der Waals surface area contributed by atoms with E-state index in [-0.39, 0.29) is 11.1 Å². The Kier molecular flexibility index (Phi) is 6.75. The van der Waals surface area contributed by atoms with Gasteiger partial charge in [0.25, 0.3) is 0 Å². The summed E-state index contributed by atoms with van der Waals surface area (Å²) in [5, 5.41) is 0.646. The van der Waals surface area contributed by atoms with E-state index >= 15 is 0 Å². The predicted octanol–water partition coefficient (Wildman–Crippen LogP) is 7.12. The largest absolute Gasteiger partial charge is 0.493 e. The summed E-state index contributed by atoms with van der Waals surface area (Å²) in [6, 6.07) is 19.2. The van der Waals surface area contributed by atoms with Gasteiger partial charge in [0.1, 0.15) is 11.6 Å². The van der Waals surface area contributed by atoms with Crippen LogP contribution in [0.1, 0.15) is 16.7 Å². The minimum Gasteiger partial charge on any atom is -0.493 e. The molecule has 0 amide bonds. The monoisotopic (exact) mass is 464 g/mol. The van der Waals surface area contributed by atoms with Crippen molar-refractivity contribution < 1.29 is 22.3 Å². The topological polar surface area (TPSA) is 9.23 Å². The van der Waals surface area contributed by atoms with E-state index in [1.165, 1.54) is 0 Å². The maximum Gasteiger partial charge on any atom is 0.417 e. The van der Waals surface area contributed by atoms with Crippen molar-refractivity contribution in [2.75, 3.05) is 11.9 Å². The molecule has 0 aromatic heterocycles. The molecule has 0 unspecified atom stereocenters. The fourth-order valence-corrected chi connectivity index (χ4v) is 3.16. The van der Waals surface area contributed by atoms with Gasteiger partial charge in [0.05, 0.1) is 12.2 Å². The molecule has 0 N–H and O–H groups in total. The molecule has 150 valence electrons. The third-order valence-corrected chi connectivity index (χ3v) is 4.54. The Hall–Kier alpha value is -2.60. The minimum atomic E-state index is -4.64. The maximum atomic E-state index is 14.2. The predicted molar refractivity (Wildman–Crippen MR) is 111 cm³/mol. The second-order valence-electron chi connectivity index (χ2n) is 6.18. The van der Waals surface area contributed by atoms with Gasteiger partial charge < -0.3 is 4.74 Å². The second-order valence-corrected chi connectivity index (χ2v) is 6.98. The van der Waals surface area contributed by atoms with E-state index in [2.05, 4.69) is 15.9 Å². The van der Waals surface area contributed by atoms with Gasteiger partial charge in [0.15, 0.2) is 0 Å². The number of alkyl halides is 4. The molecule has 0 spiro atoms. The molecule has 0 aliphatic carbocycles. The molecule has 0 fully saturated rings. The van der Waals surface area contributed by atoms with E-state index in [9.17, 15) is 17.6 Å². The Balaban J connectivity index is 2.23. The van der Waals surface area contributed by atoms with Crippen LogP contribution in [0.2, 0.25) is 0 Å². The van der Waals surface area contributed by atoms with Crippen molar-refractivity contribution in [1.82, 2.24) is 0 Å². The van der Waals surface area contributed by atoms with Crippen molar-refractivity contribution in [3.63, 3.8) is 0 Å². The Morgan fingerprint density at radius 3 is 1.86 bits per heavy atom. The van der Waals surface area contributed by atoms with Crippen molar-refractivity contribution in [3.8, 4) is 5.75 Å². The molecular formula is C23H17BrF4O. The molecule has 3 aromatic rings. The Labute approximate surface area is 174 Å². The molecule has 6 heteroatoms. The first-order valence-electron chi connectivity index (χ1n) is 8.82. The standard InChI is InChI=1S/C23H17BrF4O/c24-14-15-29-20-12-8-17(9-13-20)21(16-4-2-1-3-5-16)22(23(26,27)28)18-6-10-19(25)11-7-18/h1-13H,14-15H2/b22-21-. The van der Waals surface area contributed by atoms with Crippen LogP contribution < -0.4 is 4.74 Å². The molecule has 29 heavy (non-hydrogen) atoms. The first-order valence-corrected chi connectivity index (χ1v) is 9.94. The fourth-order valence-electron chi connectivity index (χ4n) is 3.00. The Morgan fingerprint density at radius 1 is 0.759 bits per heavy atom. The highest BCUT2D eigenvalue weighted by atomic mass is 79.9. The summed E-state index contributed by atoms with van der Waals surface area (Å²) in [5.41, 5.74) is -0.0933. The first kappa shape index (κ1) is 21.1. The lowest BCUT2D eigenvalue weighted by atomic mass is 9.89. The number of halogens is 5. The molecule has 3 aromatic carbocycles. The summed E-state index contributed by atoms with van der Waals surface area (Å²) in [6.07, 6.45) is -4.64. The van der Waals surface area contributed by atoms with Crippen LogP contribution in [-0.2, 0) is 0 Å². The second kappa shape index (κ2) is 9.27. The van der Waals surface area contributed by atoms with Crippen molar-refractivity contribution in [3.05, 3.63) is 101 Å². The lowest BCUT2D eigenvalue weighted by Crippen LogP contribution is -2.14. The molecule has 0 saturated carbocycles. The lowest BCUT2D eigenvalue weighted by molar-refractivity contribution is -0.0685. The highest BCUT2D eigenvalue weighted by Gasteiger charge is 2.38. The summed E-state index contributed by atoms with van der Waals surface area (Å²) in [6.45, 7) is 0.449. The van der Waals surface area contributed by atoms with Gasteiger partial charge in [-0.1, -0.05) is 70.5 Å². The number of rotatable bonds is 6. The van der Waals surface area contributed by atoms with E-state index in [0.717, 1.165) is 24.3 Å². The van der Waals surface area contributed by atoms with Crippen LogP contribution in [0.5, 0.6) is 5.75 Å². The molecule has 0 bridgehead atoms. The highest BCUT2D eigenvalue weighted by Crippen LogP contribution is 2.42. The average molecular weight is 465 g/mol. The van der Waals surface area contributed by atoms with Crippen LogP contribution in [0.25, 0.3) is 11.1 Å². The quantitative estimate of drug-likeness (QED) is 0.214. The third-order valence-electron chi connectivity index (χ3n) is 4.22. The zero-order chi connectivity index (χ0) is 20.9. The number of hydrogen-bond donors (Lipinski definition) is 0. The maximum absolute atomic E-state index is 14.2. The van der Waals surface area contributed by atoms with Gasteiger partial charge in [-0.15, -0.1) is 0 Å². The van der Waals surface area contributed by atoms with Crippen molar-refractivity contribution in [2.24, 2.45) is 0 Å². The number of ether oxygens (including phenoxy) is 1. The molecule has 0 heterocycles. The molecule has 0 atom stereocenters. The molecule has 0 aliphatic rings. The fraction of sp³-hybridized carbons (Fsp3) is 0.130. The lowest BCUT2D eigenvalue weighted by Gasteiger charge is -2.20. The normalized spacial score (nSPS) is 12.4. The van der Waals surface area contributed by atoms with Crippen LogP contribution in [0.4, 0.5) is 17.6 Å². The van der Waals surface area contributed by atoms with E-state index in [1.807, 2.05) is 0 Å². The van der Waals surface area contributed by atoms with Gasteiger partial charge in [-0.05, 0) is 41.0 Å². The van der Waals surface area contributed by atoms with Crippen LogP contribution >= 0.6 is 15.9 Å². The molecular weight excluding hydrogens is 448 g/mol. The summed E-state index contributed by atoms with van der Waals surface area (Å²) in [5.74, 6) is -0.0271. The zero-order valence-corrected chi connectivity index (χ0v) is 16.8. The van der Waals surface area contributed by atoms with Crippen LogP contribution in [0, 0.1) is 5.82 Å². The van der Waals surface area contributed by atoms with Gasteiger partial charge in [-0.3, -0.25) is 0 Å². The van der Waals surface area contributed by atoms with Crippen molar-refractivity contribution in [2.45, 2.75) is 6.18 Å². The number of allylic oxidation sites excluding steroid dienone is 1. The number of hydrogen-bond acceptors (Lipinski definition) is 1. The van der Waals surface area contributed by atoms with Gasteiger partial charge in [0.2, 0.25) is 0 Å². The smallest absolute Gasteiger partial charge is 0.417 e. The average Bonchev–Trinajstić information content (AvgIpc) is 2.72. The highest BCUT2D eigenvalue weighted by molar-refractivity contribution is 9.09. The molecule has 0 aliphatic heterocycles. The minimum absolute atomic E-state index is 0.0248. The van der Waals surface area contributed by atoms with Crippen molar-refractivity contribution >= 4 is 27.1 Å². The van der Waals surface area contributed by atoms with Crippen LogP contribution in [-0.4, -0.2) is 18.1 Å². The Bertz CT molecular complexity index is 963. The van der Waals surface area contributed by atoms with Gasteiger partial charge in [-0.25, -0.2) is 4.39 Å².